The Morgan fingerprint density at radius 2 is 1.03 bits per heavy atom. The molecule has 0 unspecified atom stereocenters. The van der Waals surface area contributed by atoms with Crippen molar-refractivity contribution in [3.8, 4) is 0 Å². The molecule has 0 bridgehead atoms. The molecule has 2 rings (SSSR count). The van der Waals surface area contributed by atoms with E-state index < -0.39 is 10.4 Å². The number of rotatable bonds is 12. The van der Waals surface area contributed by atoms with Crippen molar-refractivity contribution in [2.24, 2.45) is 0 Å². The van der Waals surface area contributed by atoms with E-state index in [0.29, 0.717) is 6.42 Å². The summed E-state index contributed by atoms with van der Waals surface area (Å²) in [6.07, 6.45) is 18.9. The molecular formula is C22H38N2O5S. The zero-order valence-corrected chi connectivity index (χ0v) is 18.8. The van der Waals surface area contributed by atoms with Crippen molar-refractivity contribution in [2.75, 3.05) is 6.61 Å². The first kappa shape index (κ1) is 30.3. The van der Waals surface area contributed by atoms with E-state index in [4.69, 9.17) is 4.55 Å². The van der Waals surface area contributed by atoms with Gasteiger partial charge in [-0.3, -0.25) is 14.5 Å². The number of nitrogens with zero attached hydrogens (tertiary/aromatic N) is 2. The van der Waals surface area contributed by atoms with E-state index >= 15 is 0 Å². The molecule has 0 aliphatic carbocycles. The Morgan fingerprint density at radius 1 is 0.667 bits per heavy atom. The normalized spacial score (nSPS) is 9.93. The lowest BCUT2D eigenvalue weighted by molar-refractivity contribution is 0.261. The molecule has 3 N–H and O–H groups in total. The average Bonchev–Trinajstić information content (AvgIpc) is 2.75. The smallest absolute Gasteiger partial charge is 0.397 e. The fourth-order valence-electron chi connectivity index (χ4n) is 2.38. The van der Waals surface area contributed by atoms with E-state index in [1.54, 1.807) is 24.8 Å². The summed E-state index contributed by atoms with van der Waals surface area (Å²) in [4.78, 5) is 7.57. The third-order valence-corrected chi connectivity index (χ3v) is 4.33. The maximum atomic E-state index is 10.2. The molecule has 2 aromatic rings. The first-order chi connectivity index (χ1) is 14.1. The molecule has 8 heteroatoms. The third kappa shape index (κ3) is 28.3. The topological polar surface area (TPSA) is 121 Å². The van der Waals surface area contributed by atoms with Crippen LogP contribution >= 0.6 is 0 Å². The molecule has 0 aliphatic heterocycles. The summed E-state index contributed by atoms with van der Waals surface area (Å²) in [5, 5.41) is 0. The molecule has 0 aliphatic rings. The van der Waals surface area contributed by atoms with E-state index in [-0.39, 0.29) is 12.1 Å². The van der Waals surface area contributed by atoms with Crippen LogP contribution in [0.5, 0.6) is 0 Å². The molecule has 0 saturated carbocycles. The van der Waals surface area contributed by atoms with Gasteiger partial charge in [-0.1, -0.05) is 76.8 Å². The van der Waals surface area contributed by atoms with Gasteiger partial charge in [0.05, 0.1) is 6.61 Å². The fourth-order valence-corrected chi connectivity index (χ4v) is 2.71. The minimum absolute atomic E-state index is 0. The van der Waals surface area contributed by atoms with Gasteiger partial charge in [-0.25, -0.2) is 4.18 Å². The average molecular weight is 443 g/mol. The van der Waals surface area contributed by atoms with Crippen LogP contribution in [0.4, 0.5) is 0 Å². The summed E-state index contributed by atoms with van der Waals surface area (Å²) in [5.41, 5.74) is 0. The second-order valence-corrected chi connectivity index (χ2v) is 7.57. The standard InChI is InChI=1S/C12H26O4S.2C5H5N.H2O/c1-2-3-4-5-6-7-8-9-10-11-12-16-17(13,14)15;2*1-2-4-6-5-3-1;/h2-12H2,1H3,(H,13,14,15);2*1-5H;1H2. The minimum atomic E-state index is -4.23. The van der Waals surface area contributed by atoms with Gasteiger partial charge in [0.25, 0.3) is 0 Å². The summed E-state index contributed by atoms with van der Waals surface area (Å²) in [5.74, 6) is 0. The van der Waals surface area contributed by atoms with Gasteiger partial charge >= 0.3 is 10.4 Å². The van der Waals surface area contributed by atoms with E-state index in [1.165, 1.54) is 44.9 Å². The summed E-state index contributed by atoms with van der Waals surface area (Å²) in [6.45, 7) is 2.31. The molecule has 0 amide bonds. The largest absolute Gasteiger partial charge is 0.412 e. The van der Waals surface area contributed by atoms with E-state index in [0.717, 1.165) is 12.8 Å². The van der Waals surface area contributed by atoms with Gasteiger partial charge < -0.3 is 5.48 Å². The first-order valence-corrected chi connectivity index (χ1v) is 11.7. The Bertz CT molecular complexity index is 558. The quantitative estimate of drug-likeness (QED) is 0.362. The maximum absolute atomic E-state index is 10.2. The van der Waals surface area contributed by atoms with Crippen LogP contribution in [0.2, 0.25) is 0 Å². The summed E-state index contributed by atoms with van der Waals surface area (Å²) >= 11 is 0. The number of pyridine rings is 2. The lowest BCUT2D eigenvalue weighted by Crippen LogP contribution is -2.04. The van der Waals surface area contributed by atoms with Crippen LogP contribution in [0.3, 0.4) is 0 Å². The molecular weight excluding hydrogens is 404 g/mol. The third-order valence-electron chi connectivity index (χ3n) is 3.86. The Balaban J connectivity index is 0. The molecule has 2 heterocycles. The van der Waals surface area contributed by atoms with Gasteiger partial charge in [-0.15, -0.1) is 0 Å². The van der Waals surface area contributed by atoms with Crippen molar-refractivity contribution >= 4 is 10.4 Å². The zero-order chi connectivity index (χ0) is 21.5. The number of hydrogen-bond acceptors (Lipinski definition) is 5. The van der Waals surface area contributed by atoms with Crippen molar-refractivity contribution in [3.05, 3.63) is 61.2 Å². The molecule has 7 nitrogen and oxygen atoms in total. The number of aromatic nitrogens is 2. The Labute approximate surface area is 182 Å². The van der Waals surface area contributed by atoms with Gasteiger partial charge in [-0.2, -0.15) is 8.42 Å². The Morgan fingerprint density at radius 3 is 1.30 bits per heavy atom. The van der Waals surface area contributed by atoms with Crippen molar-refractivity contribution < 1.29 is 22.6 Å². The maximum Gasteiger partial charge on any atom is 0.397 e. The van der Waals surface area contributed by atoms with Crippen LogP contribution in [-0.2, 0) is 14.6 Å². The van der Waals surface area contributed by atoms with Gasteiger partial charge in [0.2, 0.25) is 0 Å². The highest BCUT2D eigenvalue weighted by molar-refractivity contribution is 7.80. The van der Waals surface area contributed by atoms with Crippen molar-refractivity contribution in [2.45, 2.75) is 71.1 Å². The van der Waals surface area contributed by atoms with E-state index in [2.05, 4.69) is 21.1 Å². The van der Waals surface area contributed by atoms with E-state index in [1.807, 2.05) is 36.4 Å². The van der Waals surface area contributed by atoms with Crippen LogP contribution in [-0.4, -0.2) is 35.0 Å². The summed E-state index contributed by atoms with van der Waals surface area (Å²) < 4.78 is 33.0. The molecule has 0 radical (unpaired) electrons. The molecule has 2 aromatic heterocycles. The molecule has 0 fully saturated rings. The SMILES string of the molecule is CCCCCCCCCCCCOS(=O)(=O)O.O.c1ccncc1.c1ccncc1. The van der Waals surface area contributed by atoms with Crippen LogP contribution in [0.15, 0.2) is 61.2 Å². The van der Waals surface area contributed by atoms with Crippen molar-refractivity contribution in [3.63, 3.8) is 0 Å². The predicted octanol–water partition coefficient (Wildman–Crippen LogP) is 5.07. The lowest BCUT2D eigenvalue weighted by atomic mass is 10.1. The van der Waals surface area contributed by atoms with Crippen molar-refractivity contribution in [1.82, 2.24) is 9.97 Å². The number of hydrogen-bond donors (Lipinski definition) is 1. The lowest BCUT2D eigenvalue weighted by Gasteiger charge is -2.02. The molecule has 0 atom stereocenters. The second kappa shape index (κ2) is 23.4. The summed E-state index contributed by atoms with van der Waals surface area (Å²) in [6, 6.07) is 11.4. The Kier molecular flexibility index (Phi) is 23.7. The molecule has 0 saturated heterocycles. The van der Waals surface area contributed by atoms with Gasteiger partial charge in [0, 0.05) is 24.8 Å². The van der Waals surface area contributed by atoms with Crippen LogP contribution < -0.4 is 0 Å². The van der Waals surface area contributed by atoms with E-state index in [9.17, 15) is 8.42 Å². The zero-order valence-electron chi connectivity index (χ0n) is 18.0. The highest BCUT2D eigenvalue weighted by atomic mass is 32.3. The van der Waals surface area contributed by atoms with Gasteiger partial charge in [0.15, 0.2) is 0 Å². The Hall–Kier alpha value is -1.87. The summed E-state index contributed by atoms with van der Waals surface area (Å²) in [7, 11) is -4.23. The highest BCUT2D eigenvalue weighted by Gasteiger charge is 2.02. The molecule has 30 heavy (non-hydrogen) atoms. The molecule has 0 aromatic carbocycles. The van der Waals surface area contributed by atoms with Crippen LogP contribution in [0.25, 0.3) is 0 Å². The second-order valence-electron chi connectivity index (χ2n) is 6.48. The fraction of sp³-hybridized carbons (Fsp3) is 0.545. The van der Waals surface area contributed by atoms with Crippen LogP contribution in [0.1, 0.15) is 71.1 Å². The minimum Gasteiger partial charge on any atom is -0.412 e. The molecule has 0 spiro atoms. The number of unbranched alkanes of at least 4 members (excludes halogenated alkanes) is 9. The molecule has 172 valence electrons. The van der Waals surface area contributed by atoms with Crippen LogP contribution in [0, 0.1) is 0 Å². The predicted molar refractivity (Wildman–Crippen MR) is 121 cm³/mol. The highest BCUT2D eigenvalue weighted by Crippen LogP contribution is 2.10. The van der Waals surface area contributed by atoms with Gasteiger partial charge in [-0.05, 0) is 30.7 Å². The van der Waals surface area contributed by atoms with Gasteiger partial charge in [0.1, 0.15) is 0 Å². The van der Waals surface area contributed by atoms with Crippen molar-refractivity contribution in [1.29, 1.82) is 0 Å². The monoisotopic (exact) mass is 442 g/mol. The first-order valence-electron chi connectivity index (χ1n) is 10.4.